The third-order valence-corrected chi connectivity index (χ3v) is 5.79. The van der Waals surface area contributed by atoms with E-state index in [9.17, 15) is 14.4 Å². The molecule has 2 aromatic rings. The van der Waals surface area contributed by atoms with Crippen molar-refractivity contribution in [1.29, 1.82) is 0 Å². The number of ether oxygens (including phenoxy) is 5. The van der Waals surface area contributed by atoms with Gasteiger partial charge in [-0.05, 0) is 22.3 Å². The lowest BCUT2D eigenvalue weighted by molar-refractivity contribution is -0.126. The van der Waals surface area contributed by atoms with Crippen molar-refractivity contribution in [2.75, 3.05) is 73.1 Å². The SMILES string of the molecule is COC(=O)N(CCOCCOCC(=O)NCCOCCOCC(N)=O)C1c2ccccc2-c2ccccc21. The summed E-state index contributed by atoms with van der Waals surface area (Å²) < 4.78 is 26.3. The normalized spacial score (nSPS) is 12.0. The smallest absolute Gasteiger partial charge is 0.410 e. The monoisotopic (exact) mass is 529 g/mol. The topological polar surface area (TPSA) is 139 Å². The Kier molecular flexibility index (Phi) is 12.0. The summed E-state index contributed by atoms with van der Waals surface area (Å²) in [4.78, 5) is 36.7. The zero-order valence-corrected chi connectivity index (χ0v) is 21.6. The zero-order chi connectivity index (χ0) is 27.2. The molecule has 0 bridgehead atoms. The first-order valence-electron chi connectivity index (χ1n) is 12.4. The van der Waals surface area contributed by atoms with Crippen molar-refractivity contribution in [3.05, 3.63) is 59.7 Å². The lowest BCUT2D eigenvalue weighted by atomic mass is 10.0. The van der Waals surface area contributed by atoms with E-state index < -0.39 is 12.0 Å². The van der Waals surface area contributed by atoms with E-state index in [4.69, 9.17) is 29.4 Å². The maximum Gasteiger partial charge on any atom is 0.410 e. The summed E-state index contributed by atoms with van der Waals surface area (Å²) in [6, 6.07) is 15.8. The van der Waals surface area contributed by atoms with E-state index in [1.165, 1.54) is 7.11 Å². The first kappa shape index (κ1) is 29.1. The van der Waals surface area contributed by atoms with Crippen LogP contribution in [0.3, 0.4) is 0 Å². The minimum absolute atomic E-state index is 0.102. The fourth-order valence-electron chi connectivity index (χ4n) is 4.16. The van der Waals surface area contributed by atoms with Crippen LogP contribution >= 0.6 is 0 Å². The van der Waals surface area contributed by atoms with Gasteiger partial charge in [0.25, 0.3) is 0 Å². The van der Waals surface area contributed by atoms with Crippen LogP contribution in [0.2, 0.25) is 0 Å². The Morgan fingerprint density at radius 3 is 1.95 bits per heavy atom. The molecule has 3 N–H and O–H groups in total. The number of methoxy groups -OCH3 is 1. The van der Waals surface area contributed by atoms with Gasteiger partial charge in [0.1, 0.15) is 13.2 Å². The number of primary amides is 1. The number of hydrogen-bond donors (Lipinski definition) is 2. The van der Waals surface area contributed by atoms with Gasteiger partial charge in [-0.3, -0.25) is 14.5 Å². The number of nitrogens with two attached hydrogens (primary N) is 1. The van der Waals surface area contributed by atoms with Gasteiger partial charge in [-0.1, -0.05) is 48.5 Å². The second-order valence-electron chi connectivity index (χ2n) is 8.39. The number of benzene rings is 2. The van der Waals surface area contributed by atoms with Crippen LogP contribution in [-0.2, 0) is 33.3 Å². The quantitative estimate of drug-likeness (QED) is 0.294. The van der Waals surface area contributed by atoms with E-state index in [2.05, 4.69) is 17.4 Å². The van der Waals surface area contributed by atoms with Crippen molar-refractivity contribution in [1.82, 2.24) is 10.2 Å². The van der Waals surface area contributed by atoms with Crippen molar-refractivity contribution < 1.29 is 38.1 Å². The Bertz CT molecular complexity index is 1020. The summed E-state index contributed by atoms with van der Waals surface area (Å²) in [5, 5.41) is 2.67. The third-order valence-electron chi connectivity index (χ3n) is 5.79. The summed E-state index contributed by atoms with van der Waals surface area (Å²) in [5.74, 6) is -0.804. The molecule has 206 valence electrons. The van der Waals surface area contributed by atoms with Crippen LogP contribution in [0.15, 0.2) is 48.5 Å². The highest BCUT2D eigenvalue weighted by molar-refractivity contribution is 5.81. The summed E-state index contributed by atoms with van der Waals surface area (Å²) >= 11 is 0. The largest absolute Gasteiger partial charge is 0.453 e. The van der Waals surface area contributed by atoms with E-state index in [-0.39, 0.29) is 51.6 Å². The van der Waals surface area contributed by atoms with Gasteiger partial charge < -0.3 is 34.7 Å². The first-order valence-corrected chi connectivity index (χ1v) is 12.4. The maximum absolute atomic E-state index is 12.7. The van der Waals surface area contributed by atoms with Gasteiger partial charge in [0.2, 0.25) is 11.8 Å². The Morgan fingerprint density at radius 1 is 0.789 bits per heavy atom. The predicted molar refractivity (Wildman–Crippen MR) is 138 cm³/mol. The molecular weight excluding hydrogens is 494 g/mol. The second-order valence-corrected chi connectivity index (χ2v) is 8.39. The summed E-state index contributed by atoms with van der Waals surface area (Å²) in [5.41, 5.74) is 9.27. The fraction of sp³-hybridized carbons (Fsp3) is 0.444. The van der Waals surface area contributed by atoms with Crippen molar-refractivity contribution in [3.63, 3.8) is 0 Å². The van der Waals surface area contributed by atoms with Crippen molar-refractivity contribution in [2.24, 2.45) is 5.73 Å². The molecule has 0 aliphatic heterocycles. The summed E-state index contributed by atoms with van der Waals surface area (Å²) in [7, 11) is 1.37. The molecule has 0 unspecified atom stereocenters. The van der Waals surface area contributed by atoms with Crippen LogP contribution < -0.4 is 11.1 Å². The Balaban J connectivity index is 1.32. The van der Waals surface area contributed by atoms with Crippen molar-refractivity contribution >= 4 is 17.9 Å². The number of carbonyl (C=O) groups excluding carboxylic acids is 3. The van der Waals surface area contributed by atoms with E-state index in [0.717, 1.165) is 22.3 Å². The van der Waals surface area contributed by atoms with Crippen molar-refractivity contribution in [3.8, 4) is 11.1 Å². The maximum atomic E-state index is 12.7. The highest BCUT2D eigenvalue weighted by Gasteiger charge is 2.35. The van der Waals surface area contributed by atoms with E-state index in [1.54, 1.807) is 4.90 Å². The first-order chi connectivity index (χ1) is 18.5. The number of hydrogen-bond acceptors (Lipinski definition) is 8. The molecule has 1 aliphatic rings. The van der Waals surface area contributed by atoms with E-state index >= 15 is 0 Å². The molecule has 1 aliphatic carbocycles. The van der Waals surface area contributed by atoms with Crippen LogP contribution in [0.25, 0.3) is 11.1 Å². The number of fused-ring (bicyclic) bond motifs is 3. The molecule has 0 saturated heterocycles. The van der Waals surface area contributed by atoms with Gasteiger partial charge in [0, 0.05) is 13.1 Å². The molecule has 11 heteroatoms. The Morgan fingerprint density at radius 2 is 1.34 bits per heavy atom. The molecule has 11 nitrogen and oxygen atoms in total. The van der Waals surface area contributed by atoms with E-state index in [0.29, 0.717) is 26.3 Å². The van der Waals surface area contributed by atoms with Gasteiger partial charge in [-0.2, -0.15) is 0 Å². The number of nitrogens with zero attached hydrogens (tertiary/aromatic N) is 1. The molecule has 0 atom stereocenters. The molecular formula is C27H35N3O8. The zero-order valence-electron chi connectivity index (χ0n) is 21.6. The second kappa shape index (κ2) is 15.7. The molecule has 0 heterocycles. The van der Waals surface area contributed by atoms with Gasteiger partial charge in [0.15, 0.2) is 0 Å². The van der Waals surface area contributed by atoms with E-state index in [1.807, 2.05) is 36.4 Å². The van der Waals surface area contributed by atoms with Gasteiger partial charge >= 0.3 is 6.09 Å². The molecule has 0 aromatic heterocycles. The number of amides is 3. The molecule has 0 spiro atoms. The van der Waals surface area contributed by atoms with Gasteiger partial charge in [-0.25, -0.2) is 4.79 Å². The number of carbonyl (C=O) groups is 3. The Hall–Kier alpha value is -3.51. The standard InChI is InChI=1S/C27H35N3O8/c1-34-27(33)30(26-22-8-4-2-6-20(22)21-7-3-5-9-23(21)26)11-13-36-15-17-38-19-25(32)29-10-12-35-14-16-37-18-24(28)31/h2-9,26H,10-19H2,1H3,(H2,28,31)(H,29,32). The molecule has 0 saturated carbocycles. The number of nitrogens with one attached hydrogen (secondary N) is 1. The minimum Gasteiger partial charge on any atom is -0.453 e. The number of rotatable bonds is 17. The summed E-state index contributed by atoms with van der Waals surface area (Å²) in [6.07, 6.45) is -0.430. The molecule has 0 fully saturated rings. The summed E-state index contributed by atoms with van der Waals surface area (Å²) in [6.45, 7) is 2.04. The molecule has 3 rings (SSSR count). The highest BCUT2D eigenvalue weighted by atomic mass is 16.5. The fourth-order valence-corrected chi connectivity index (χ4v) is 4.16. The third kappa shape index (κ3) is 8.52. The van der Waals surface area contributed by atoms with Crippen molar-refractivity contribution in [2.45, 2.75) is 6.04 Å². The van der Waals surface area contributed by atoms with Crippen LogP contribution in [0, 0.1) is 0 Å². The molecule has 3 amide bonds. The highest BCUT2D eigenvalue weighted by Crippen LogP contribution is 2.46. The van der Waals surface area contributed by atoms with Crippen LogP contribution in [0.4, 0.5) is 4.79 Å². The van der Waals surface area contributed by atoms with Crippen LogP contribution in [-0.4, -0.2) is 95.9 Å². The molecule has 0 radical (unpaired) electrons. The van der Waals surface area contributed by atoms with Crippen LogP contribution in [0.5, 0.6) is 0 Å². The lowest BCUT2D eigenvalue weighted by Crippen LogP contribution is -2.37. The Labute approximate surface area is 222 Å². The van der Waals surface area contributed by atoms with Crippen LogP contribution in [0.1, 0.15) is 17.2 Å². The minimum atomic E-state index is -0.535. The molecule has 38 heavy (non-hydrogen) atoms. The molecule has 2 aromatic carbocycles. The van der Waals surface area contributed by atoms with Gasteiger partial charge in [0.05, 0.1) is 52.8 Å². The predicted octanol–water partition coefficient (Wildman–Crippen LogP) is 1.49. The van der Waals surface area contributed by atoms with Gasteiger partial charge in [-0.15, -0.1) is 0 Å². The average Bonchev–Trinajstić information content (AvgIpc) is 3.25. The average molecular weight is 530 g/mol. The lowest BCUT2D eigenvalue weighted by Gasteiger charge is -2.29.